The van der Waals surface area contributed by atoms with Crippen LogP contribution < -0.4 is 0 Å². The molecule has 1 atom stereocenters. The summed E-state index contributed by atoms with van der Waals surface area (Å²) in [5.41, 5.74) is 1.36. The molecule has 128 valence electrons. The number of Topliss-reactive ketones (excluding diaryl/α,β-unsaturated/α-hetero) is 2. The van der Waals surface area contributed by atoms with Crippen molar-refractivity contribution < 1.29 is 14.7 Å². The van der Waals surface area contributed by atoms with Crippen molar-refractivity contribution in [1.29, 1.82) is 0 Å². The van der Waals surface area contributed by atoms with E-state index in [1.165, 1.54) is 0 Å². The number of unbranched alkanes of at least 4 members (excludes halogenated alkanes) is 1. The molecule has 1 aromatic rings. The third-order valence-corrected chi connectivity index (χ3v) is 4.12. The fraction of sp³-hybridized carbons (Fsp3) is 0.364. The molecule has 0 saturated heterocycles. The number of rotatable bonds is 4. The summed E-state index contributed by atoms with van der Waals surface area (Å²) >= 11 is 0. The highest BCUT2D eigenvalue weighted by Gasteiger charge is 2.32. The maximum absolute atomic E-state index is 12.6. The van der Waals surface area contributed by atoms with Gasteiger partial charge in [0.1, 0.15) is 0 Å². The summed E-state index contributed by atoms with van der Waals surface area (Å²) in [5, 5.41) is 10.4. The molecule has 2 rings (SSSR count). The first-order chi connectivity index (χ1) is 12.1. The molecule has 1 aromatic carbocycles. The molecule has 0 fully saturated rings. The van der Waals surface area contributed by atoms with E-state index >= 15 is 0 Å². The monoisotopic (exact) mass is 334 g/mol. The van der Waals surface area contributed by atoms with Crippen molar-refractivity contribution in [3.05, 3.63) is 46.5 Å². The van der Waals surface area contributed by atoms with Gasteiger partial charge in [-0.05, 0) is 19.8 Å². The first-order valence-corrected chi connectivity index (χ1v) is 8.56. The van der Waals surface area contributed by atoms with Crippen LogP contribution in [0.5, 0.6) is 0 Å². The lowest BCUT2D eigenvalue weighted by Crippen LogP contribution is -2.28. The lowest BCUT2D eigenvalue weighted by Gasteiger charge is -2.22. The van der Waals surface area contributed by atoms with Gasteiger partial charge >= 0.3 is 0 Å². The Morgan fingerprint density at radius 3 is 2.32 bits per heavy atom. The van der Waals surface area contributed by atoms with Gasteiger partial charge in [0.15, 0.2) is 11.6 Å². The molecule has 1 aliphatic carbocycles. The Labute approximate surface area is 149 Å². The van der Waals surface area contributed by atoms with Crippen LogP contribution in [0.15, 0.2) is 35.4 Å². The van der Waals surface area contributed by atoms with E-state index in [4.69, 9.17) is 0 Å². The third kappa shape index (κ3) is 4.47. The summed E-state index contributed by atoms with van der Waals surface area (Å²) in [6.07, 6.45) is 2.16. The zero-order valence-electron chi connectivity index (χ0n) is 14.7. The molecule has 0 aromatic heterocycles. The lowest BCUT2D eigenvalue weighted by molar-refractivity contribution is 0.0932. The molecule has 1 N–H and O–H groups in total. The average molecular weight is 334 g/mol. The smallest absolute Gasteiger partial charge is 0.192 e. The van der Waals surface area contributed by atoms with Crippen LogP contribution in [-0.2, 0) is 0 Å². The van der Waals surface area contributed by atoms with Crippen LogP contribution in [0.4, 0.5) is 0 Å². The molecular formula is C22H22O3. The quantitative estimate of drug-likeness (QED) is 0.674. The van der Waals surface area contributed by atoms with E-state index in [2.05, 4.69) is 23.7 Å². The first-order valence-electron chi connectivity index (χ1n) is 8.56. The van der Waals surface area contributed by atoms with Crippen LogP contribution in [-0.4, -0.2) is 22.8 Å². The third-order valence-electron chi connectivity index (χ3n) is 4.12. The molecular weight excluding hydrogens is 312 g/mol. The molecule has 0 bridgehead atoms. The van der Waals surface area contributed by atoms with E-state index in [1.807, 2.05) is 6.92 Å². The summed E-state index contributed by atoms with van der Waals surface area (Å²) in [4.78, 5) is 25.1. The average Bonchev–Trinajstić information content (AvgIpc) is 2.62. The minimum atomic E-state index is -0.938. The van der Waals surface area contributed by atoms with Crippen molar-refractivity contribution in [3.8, 4) is 23.7 Å². The number of hydrogen-bond donors (Lipinski definition) is 1. The fourth-order valence-electron chi connectivity index (χ4n) is 2.83. The van der Waals surface area contributed by atoms with Gasteiger partial charge in [-0.1, -0.05) is 43.0 Å². The van der Waals surface area contributed by atoms with Crippen LogP contribution in [0, 0.1) is 23.7 Å². The van der Waals surface area contributed by atoms with E-state index in [0.717, 1.165) is 6.42 Å². The molecule has 25 heavy (non-hydrogen) atoms. The fourth-order valence-corrected chi connectivity index (χ4v) is 2.83. The van der Waals surface area contributed by atoms with E-state index in [1.54, 1.807) is 31.2 Å². The Balaban J connectivity index is 2.00. The molecule has 0 heterocycles. The molecule has 3 nitrogen and oxygen atoms in total. The molecule has 3 heteroatoms. The zero-order valence-corrected chi connectivity index (χ0v) is 14.7. The topological polar surface area (TPSA) is 54.4 Å². The van der Waals surface area contributed by atoms with E-state index in [-0.39, 0.29) is 17.1 Å². The normalized spacial score (nSPS) is 14.2. The molecule has 0 spiro atoms. The predicted molar refractivity (Wildman–Crippen MR) is 98.1 cm³/mol. The summed E-state index contributed by atoms with van der Waals surface area (Å²) in [7, 11) is 0. The number of fused-ring (bicyclic) bond motifs is 1. The Kier molecular flexibility index (Phi) is 6.75. The highest BCUT2D eigenvalue weighted by atomic mass is 16.3. The molecule has 0 aliphatic heterocycles. The van der Waals surface area contributed by atoms with Crippen LogP contribution in [0.3, 0.4) is 0 Å². The summed E-state index contributed by atoms with van der Waals surface area (Å²) in [5.74, 6) is 11.5. The van der Waals surface area contributed by atoms with Crippen molar-refractivity contribution >= 4 is 11.6 Å². The van der Waals surface area contributed by atoms with Gasteiger partial charge in [-0.15, -0.1) is 11.8 Å². The molecule has 0 amide bonds. The predicted octanol–water partition coefficient (Wildman–Crippen LogP) is 3.72. The Morgan fingerprint density at radius 1 is 1.00 bits per heavy atom. The second-order valence-corrected chi connectivity index (χ2v) is 5.89. The number of ketones is 2. The van der Waals surface area contributed by atoms with Crippen molar-refractivity contribution in [2.75, 3.05) is 0 Å². The van der Waals surface area contributed by atoms with Crippen LogP contribution >= 0.6 is 0 Å². The van der Waals surface area contributed by atoms with Gasteiger partial charge < -0.3 is 5.11 Å². The second kappa shape index (κ2) is 9.02. The van der Waals surface area contributed by atoms with Crippen molar-refractivity contribution in [2.24, 2.45) is 0 Å². The van der Waals surface area contributed by atoms with E-state index in [9.17, 15) is 14.7 Å². The maximum atomic E-state index is 12.6. The Hall–Kier alpha value is -2.62. The van der Waals surface area contributed by atoms with Gasteiger partial charge in [-0.25, -0.2) is 0 Å². The minimum Gasteiger partial charge on any atom is -0.388 e. The van der Waals surface area contributed by atoms with Crippen molar-refractivity contribution in [2.45, 2.75) is 52.1 Å². The Morgan fingerprint density at radius 2 is 1.64 bits per heavy atom. The number of carbonyl (C=O) groups is 2. The standard InChI is InChI=1S/C22H22O3/c1-3-4-5-6-7-8-9-10-15-19(23)20-16(2)21(24)17-13-11-12-14-18(17)22(20)25/h11-14,19,23H,3,6,9-10,15H2,1-2H3. The van der Waals surface area contributed by atoms with Crippen molar-refractivity contribution in [3.63, 3.8) is 0 Å². The number of benzene rings is 1. The highest BCUT2D eigenvalue weighted by Crippen LogP contribution is 2.29. The largest absolute Gasteiger partial charge is 0.388 e. The van der Waals surface area contributed by atoms with Gasteiger partial charge in [0.25, 0.3) is 0 Å². The minimum absolute atomic E-state index is 0.182. The first kappa shape index (κ1) is 18.7. The second-order valence-electron chi connectivity index (χ2n) is 5.89. The van der Waals surface area contributed by atoms with Crippen LogP contribution in [0.25, 0.3) is 0 Å². The summed E-state index contributed by atoms with van der Waals surface area (Å²) in [6, 6.07) is 6.75. The van der Waals surface area contributed by atoms with Gasteiger partial charge in [0, 0.05) is 35.1 Å². The summed E-state index contributed by atoms with van der Waals surface area (Å²) in [6.45, 7) is 3.61. The molecule has 1 aliphatic rings. The van der Waals surface area contributed by atoms with Gasteiger partial charge in [-0.2, -0.15) is 0 Å². The van der Waals surface area contributed by atoms with Crippen LogP contribution in [0.1, 0.15) is 66.7 Å². The lowest BCUT2D eigenvalue weighted by atomic mass is 9.81. The molecule has 0 radical (unpaired) electrons. The van der Waals surface area contributed by atoms with Crippen molar-refractivity contribution in [1.82, 2.24) is 0 Å². The number of aliphatic hydroxyl groups excluding tert-OH is 1. The number of allylic oxidation sites excluding steroid dienone is 1. The number of carbonyl (C=O) groups excluding carboxylic acids is 2. The van der Waals surface area contributed by atoms with E-state index < -0.39 is 6.10 Å². The number of aliphatic hydroxyl groups is 1. The maximum Gasteiger partial charge on any atom is 0.192 e. The van der Waals surface area contributed by atoms with Gasteiger partial charge in [-0.3, -0.25) is 9.59 Å². The molecule has 0 saturated carbocycles. The molecule has 1 unspecified atom stereocenters. The Bertz CT molecular complexity index is 822. The highest BCUT2D eigenvalue weighted by molar-refractivity contribution is 6.27. The van der Waals surface area contributed by atoms with Gasteiger partial charge in [0.05, 0.1) is 12.5 Å². The zero-order chi connectivity index (χ0) is 18.2. The SMILES string of the molecule is CCC#CCC#CCCCC(O)C1=C(C)C(=O)c2ccccc2C1=O. The number of hydrogen-bond acceptors (Lipinski definition) is 3. The van der Waals surface area contributed by atoms with Crippen LogP contribution in [0.2, 0.25) is 0 Å². The summed E-state index contributed by atoms with van der Waals surface area (Å²) < 4.78 is 0. The van der Waals surface area contributed by atoms with Gasteiger partial charge in [0.2, 0.25) is 0 Å². The van der Waals surface area contributed by atoms with E-state index in [0.29, 0.717) is 42.4 Å².